The Bertz CT molecular complexity index is 850. The first kappa shape index (κ1) is 21.5. The van der Waals surface area contributed by atoms with Gasteiger partial charge >= 0.3 is 0 Å². The van der Waals surface area contributed by atoms with Gasteiger partial charge in [-0.3, -0.25) is 9.59 Å². The number of nitrogens with zero attached hydrogens (tertiary/aromatic N) is 1. The molecule has 2 rings (SSSR count). The molecule has 0 aliphatic rings. The van der Waals surface area contributed by atoms with Crippen LogP contribution in [0.25, 0.3) is 0 Å². The number of rotatable bonds is 7. The van der Waals surface area contributed by atoms with Crippen LogP contribution in [0.2, 0.25) is 0 Å². The second-order valence-corrected chi connectivity index (χ2v) is 6.96. The van der Waals surface area contributed by atoms with Crippen molar-refractivity contribution < 1.29 is 23.7 Å². The predicted octanol–water partition coefficient (Wildman–Crippen LogP) is 2.30. The molecule has 2 amide bonds. The van der Waals surface area contributed by atoms with Crippen molar-refractivity contribution in [3.8, 4) is 0 Å². The van der Waals surface area contributed by atoms with E-state index in [1.165, 1.54) is 17.0 Å². The molecule has 0 radical (unpaired) electrons. The first-order valence-electron chi connectivity index (χ1n) is 9.07. The molecule has 2 aromatic rings. The Morgan fingerprint density at radius 1 is 1.14 bits per heavy atom. The van der Waals surface area contributed by atoms with E-state index in [9.17, 15) is 18.4 Å². The molecule has 0 aliphatic carbocycles. The number of nitrogens with one attached hydrogen (secondary N) is 1. The van der Waals surface area contributed by atoms with E-state index in [0.29, 0.717) is 5.56 Å². The van der Waals surface area contributed by atoms with E-state index in [1.54, 1.807) is 19.3 Å². The number of carbonyl (C=O) groups is 2. The Kier molecular flexibility index (Phi) is 7.23. The fraction of sp³-hybridized carbons (Fsp3) is 0.333. The van der Waals surface area contributed by atoms with Gasteiger partial charge in [-0.25, -0.2) is 8.78 Å². The van der Waals surface area contributed by atoms with Crippen LogP contribution < -0.4 is 10.6 Å². The number of nitrogens with two attached hydrogens (primary N) is 1. The summed E-state index contributed by atoms with van der Waals surface area (Å²) in [5.41, 5.74) is 2.97. The summed E-state index contributed by atoms with van der Waals surface area (Å²) in [7, 11) is 1.55. The number of aryl methyl sites for hydroxylation is 2. The highest BCUT2D eigenvalue weighted by Gasteiger charge is 2.19. The highest BCUT2D eigenvalue weighted by molar-refractivity contribution is 5.95. The van der Waals surface area contributed by atoms with Crippen molar-refractivity contribution >= 4 is 17.5 Å². The van der Waals surface area contributed by atoms with E-state index in [1.807, 2.05) is 32.0 Å². The fourth-order valence-corrected chi connectivity index (χ4v) is 2.93. The molecule has 0 aromatic heterocycles. The second kappa shape index (κ2) is 9.41. The fourth-order valence-electron chi connectivity index (χ4n) is 2.93. The summed E-state index contributed by atoms with van der Waals surface area (Å²) >= 11 is 0. The lowest BCUT2D eigenvalue weighted by Crippen LogP contribution is -2.87. The molecule has 1 atom stereocenters. The van der Waals surface area contributed by atoms with Crippen molar-refractivity contribution in [1.29, 1.82) is 0 Å². The Balaban J connectivity index is 1.87. The van der Waals surface area contributed by atoms with E-state index in [-0.39, 0.29) is 30.9 Å². The van der Waals surface area contributed by atoms with Gasteiger partial charge in [-0.1, -0.05) is 18.2 Å². The SMILES string of the molecule is Cc1cccc(C)c1NC(=O)CN(C)C(=O)C[NH2+][C@@H](C)c1ccc(F)cc1F. The maximum Gasteiger partial charge on any atom is 0.277 e. The average Bonchev–Trinajstić information content (AvgIpc) is 2.62. The van der Waals surface area contributed by atoms with Gasteiger partial charge in [0.15, 0.2) is 6.54 Å². The van der Waals surface area contributed by atoms with Gasteiger partial charge in [0.05, 0.1) is 6.54 Å². The molecule has 28 heavy (non-hydrogen) atoms. The van der Waals surface area contributed by atoms with E-state index < -0.39 is 11.6 Å². The first-order valence-corrected chi connectivity index (χ1v) is 9.07. The number of carbonyl (C=O) groups excluding carboxylic acids is 2. The number of halogens is 2. The van der Waals surface area contributed by atoms with Crippen molar-refractivity contribution in [3.05, 3.63) is 64.7 Å². The van der Waals surface area contributed by atoms with E-state index in [0.717, 1.165) is 22.9 Å². The molecule has 150 valence electrons. The quantitative estimate of drug-likeness (QED) is 0.762. The Morgan fingerprint density at radius 3 is 2.39 bits per heavy atom. The van der Waals surface area contributed by atoms with Gasteiger partial charge in [0.1, 0.15) is 17.7 Å². The third-order valence-corrected chi connectivity index (χ3v) is 4.65. The summed E-state index contributed by atoms with van der Waals surface area (Å²) in [5, 5.41) is 4.49. The zero-order chi connectivity index (χ0) is 20.8. The highest BCUT2D eigenvalue weighted by Crippen LogP contribution is 2.19. The van der Waals surface area contributed by atoms with E-state index >= 15 is 0 Å². The predicted molar refractivity (Wildman–Crippen MR) is 104 cm³/mol. The van der Waals surface area contributed by atoms with Gasteiger partial charge in [0.25, 0.3) is 5.91 Å². The number of benzene rings is 2. The van der Waals surface area contributed by atoms with Gasteiger partial charge in [-0.05, 0) is 44.0 Å². The summed E-state index contributed by atoms with van der Waals surface area (Å²) in [6.45, 7) is 5.51. The summed E-state index contributed by atoms with van der Waals surface area (Å²) in [4.78, 5) is 25.9. The summed E-state index contributed by atoms with van der Waals surface area (Å²) in [6.07, 6.45) is 0. The standard InChI is InChI=1S/C21H25F2N3O2/c1-13-6-5-7-14(2)21(13)25-19(27)12-26(4)20(28)11-24-15(3)17-9-8-16(22)10-18(17)23/h5-10,15,24H,11-12H2,1-4H3,(H,25,27)/p+1/t15-/m0/s1. The van der Waals surface area contributed by atoms with Crippen molar-refractivity contribution in [3.63, 3.8) is 0 Å². The molecule has 3 N–H and O–H groups in total. The van der Waals surface area contributed by atoms with Crippen molar-refractivity contribution in [1.82, 2.24) is 4.90 Å². The number of quaternary nitrogens is 1. The molecule has 0 saturated heterocycles. The molecule has 0 saturated carbocycles. The molecule has 0 spiro atoms. The zero-order valence-electron chi connectivity index (χ0n) is 16.6. The molecular weight excluding hydrogens is 364 g/mol. The number of anilines is 1. The van der Waals surface area contributed by atoms with E-state index in [4.69, 9.17) is 0 Å². The zero-order valence-corrected chi connectivity index (χ0v) is 16.6. The Morgan fingerprint density at radius 2 is 1.79 bits per heavy atom. The molecule has 5 nitrogen and oxygen atoms in total. The average molecular weight is 390 g/mol. The van der Waals surface area contributed by atoms with Gasteiger partial charge < -0.3 is 15.5 Å². The maximum atomic E-state index is 13.8. The summed E-state index contributed by atoms with van der Waals surface area (Å²) in [5.74, 6) is -1.83. The molecule has 2 aromatic carbocycles. The largest absolute Gasteiger partial charge is 0.332 e. The lowest BCUT2D eigenvalue weighted by molar-refractivity contribution is -0.683. The third kappa shape index (κ3) is 5.60. The number of para-hydroxylation sites is 1. The van der Waals surface area contributed by atoms with Crippen molar-refractivity contribution in [2.45, 2.75) is 26.8 Å². The summed E-state index contributed by atoms with van der Waals surface area (Å²) in [6, 6.07) is 8.75. The van der Waals surface area contributed by atoms with E-state index in [2.05, 4.69) is 5.32 Å². The molecule has 0 unspecified atom stereocenters. The van der Waals surface area contributed by atoms with Crippen LogP contribution in [0.15, 0.2) is 36.4 Å². The van der Waals surface area contributed by atoms with Crippen LogP contribution in [0.1, 0.15) is 29.7 Å². The number of likely N-dealkylation sites (N-methyl/N-ethyl adjacent to an activating group) is 1. The Hall–Kier alpha value is -2.80. The second-order valence-electron chi connectivity index (χ2n) is 6.96. The number of hydrogen-bond donors (Lipinski definition) is 2. The van der Waals surface area contributed by atoms with Gasteiger partial charge in [0, 0.05) is 24.4 Å². The smallest absolute Gasteiger partial charge is 0.277 e. The van der Waals surface area contributed by atoms with Gasteiger partial charge in [-0.15, -0.1) is 0 Å². The molecule has 0 heterocycles. The maximum absolute atomic E-state index is 13.8. The van der Waals surface area contributed by atoms with Crippen LogP contribution in [-0.4, -0.2) is 36.9 Å². The first-order chi connectivity index (χ1) is 13.2. The molecule has 0 fully saturated rings. The van der Waals surface area contributed by atoms with Crippen LogP contribution in [0.3, 0.4) is 0 Å². The van der Waals surface area contributed by atoms with Crippen LogP contribution >= 0.6 is 0 Å². The molecule has 0 bridgehead atoms. The van der Waals surface area contributed by atoms with Gasteiger partial charge in [0.2, 0.25) is 5.91 Å². The Labute approximate surface area is 163 Å². The van der Waals surface area contributed by atoms with Crippen molar-refractivity contribution in [2.75, 3.05) is 25.5 Å². The minimum Gasteiger partial charge on any atom is -0.332 e. The van der Waals surface area contributed by atoms with Crippen LogP contribution in [0.5, 0.6) is 0 Å². The molecule has 7 heteroatoms. The normalized spacial score (nSPS) is 11.8. The lowest BCUT2D eigenvalue weighted by Gasteiger charge is -2.19. The minimum absolute atomic E-state index is 0.0468. The third-order valence-electron chi connectivity index (χ3n) is 4.65. The highest BCUT2D eigenvalue weighted by atomic mass is 19.1. The van der Waals surface area contributed by atoms with Crippen LogP contribution in [0.4, 0.5) is 14.5 Å². The number of hydrogen-bond acceptors (Lipinski definition) is 2. The lowest BCUT2D eigenvalue weighted by atomic mass is 10.1. The molecule has 0 aliphatic heterocycles. The molecular formula is C21H26F2N3O2+. The van der Waals surface area contributed by atoms with Crippen molar-refractivity contribution in [2.24, 2.45) is 0 Å². The van der Waals surface area contributed by atoms with Crippen LogP contribution in [-0.2, 0) is 9.59 Å². The van der Waals surface area contributed by atoms with Crippen LogP contribution in [0, 0.1) is 25.5 Å². The topological polar surface area (TPSA) is 66.0 Å². The number of amides is 2. The van der Waals surface area contributed by atoms with Gasteiger partial charge in [-0.2, -0.15) is 0 Å². The minimum atomic E-state index is -0.641. The monoisotopic (exact) mass is 390 g/mol. The summed E-state index contributed by atoms with van der Waals surface area (Å²) < 4.78 is 26.8.